The molecule has 0 amide bonds. The van der Waals surface area contributed by atoms with E-state index < -0.39 is 11.7 Å². The van der Waals surface area contributed by atoms with Crippen LogP contribution in [0.2, 0.25) is 0 Å². The van der Waals surface area contributed by atoms with E-state index in [9.17, 15) is 5.11 Å². The van der Waals surface area contributed by atoms with E-state index in [1.54, 1.807) is 7.11 Å². The Kier molecular flexibility index (Phi) is 5.76. The van der Waals surface area contributed by atoms with Crippen LogP contribution in [0.15, 0.2) is 18.3 Å². The Bertz CT molecular complexity index is 336. The Hall–Kier alpha value is -0.930. The van der Waals surface area contributed by atoms with Crippen LogP contribution < -0.4 is 0 Å². The first-order valence-corrected chi connectivity index (χ1v) is 6.78. The van der Waals surface area contributed by atoms with Gasteiger partial charge in [0, 0.05) is 25.4 Å². The maximum absolute atomic E-state index is 10.4. The first-order chi connectivity index (χ1) is 8.61. The maximum Gasteiger partial charge on any atom is 0.0935 e. The van der Waals surface area contributed by atoms with Crippen molar-refractivity contribution >= 4 is 0 Å². The summed E-state index contributed by atoms with van der Waals surface area (Å²) < 4.78 is 5.54. The molecular weight excluding hydrogens is 226 g/mol. The van der Waals surface area contributed by atoms with E-state index in [0.717, 1.165) is 25.0 Å². The van der Waals surface area contributed by atoms with Gasteiger partial charge in [0.25, 0.3) is 0 Å². The number of aryl methyl sites for hydroxylation is 1. The number of rotatable bonds is 7. The summed E-state index contributed by atoms with van der Waals surface area (Å²) in [4.78, 5) is 4.39. The van der Waals surface area contributed by atoms with Gasteiger partial charge in [-0.15, -0.1) is 0 Å². The van der Waals surface area contributed by atoms with Gasteiger partial charge in [-0.25, -0.2) is 0 Å². The molecule has 1 aromatic rings. The molecule has 0 radical (unpaired) electrons. The highest BCUT2D eigenvalue weighted by Crippen LogP contribution is 2.26. The van der Waals surface area contributed by atoms with Gasteiger partial charge in [0.15, 0.2) is 0 Å². The maximum atomic E-state index is 10.4. The number of ether oxygens (including phenoxy) is 1. The molecular formula is C15H25NO2. The highest BCUT2D eigenvalue weighted by molar-refractivity contribution is 5.15. The topological polar surface area (TPSA) is 42.4 Å². The largest absolute Gasteiger partial charge is 0.390 e. The smallest absolute Gasteiger partial charge is 0.0935 e. The van der Waals surface area contributed by atoms with E-state index >= 15 is 0 Å². The van der Waals surface area contributed by atoms with Crippen LogP contribution in [0.4, 0.5) is 0 Å². The average molecular weight is 251 g/mol. The molecule has 0 saturated heterocycles. The van der Waals surface area contributed by atoms with Crippen LogP contribution >= 0.6 is 0 Å². The molecule has 1 unspecified atom stereocenters. The molecule has 1 N–H and O–H groups in total. The van der Waals surface area contributed by atoms with E-state index in [1.165, 1.54) is 5.56 Å². The summed E-state index contributed by atoms with van der Waals surface area (Å²) in [5.74, 6) is 0. The van der Waals surface area contributed by atoms with Crippen molar-refractivity contribution in [2.45, 2.75) is 58.2 Å². The van der Waals surface area contributed by atoms with Crippen molar-refractivity contribution in [2.24, 2.45) is 0 Å². The van der Waals surface area contributed by atoms with E-state index in [0.29, 0.717) is 6.42 Å². The third-order valence-electron chi connectivity index (χ3n) is 3.91. The van der Waals surface area contributed by atoms with E-state index in [4.69, 9.17) is 4.74 Å². The van der Waals surface area contributed by atoms with Crippen molar-refractivity contribution in [3.63, 3.8) is 0 Å². The summed E-state index contributed by atoms with van der Waals surface area (Å²) in [5, 5.41) is 10.4. The molecule has 3 heteroatoms. The summed E-state index contributed by atoms with van der Waals surface area (Å²) in [6, 6.07) is 4.06. The molecule has 0 spiro atoms. The lowest BCUT2D eigenvalue weighted by Gasteiger charge is -2.35. The van der Waals surface area contributed by atoms with E-state index in [1.807, 2.05) is 26.1 Å². The summed E-state index contributed by atoms with van der Waals surface area (Å²) in [6.45, 7) is 6.20. The van der Waals surface area contributed by atoms with Crippen molar-refractivity contribution in [1.82, 2.24) is 4.98 Å². The number of hydrogen-bond donors (Lipinski definition) is 1. The van der Waals surface area contributed by atoms with Crippen molar-refractivity contribution in [3.8, 4) is 0 Å². The quantitative estimate of drug-likeness (QED) is 0.810. The molecule has 1 heterocycles. The van der Waals surface area contributed by atoms with Gasteiger partial charge in [0.1, 0.15) is 0 Å². The van der Waals surface area contributed by atoms with Crippen LogP contribution in [0, 0.1) is 0 Å². The molecule has 1 aromatic heterocycles. The monoisotopic (exact) mass is 251 g/mol. The molecule has 0 aromatic carbocycles. The van der Waals surface area contributed by atoms with Crippen molar-refractivity contribution in [3.05, 3.63) is 29.6 Å². The van der Waals surface area contributed by atoms with Gasteiger partial charge in [0.2, 0.25) is 0 Å². The predicted molar refractivity (Wildman–Crippen MR) is 73.6 cm³/mol. The fraction of sp³-hybridized carbons (Fsp3) is 0.667. The first-order valence-electron chi connectivity index (χ1n) is 6.78. The minimum Gasteiger partial charge on any atom is -0.390 e. The molecule has 0 bridgehead atoms. The van der Waals surface area contributed by atoms with Crippen LogP contribution in [-0.4, -0.2) is 28.9 Å². The molecule has 1 rings (SSSR count). The minimum atomic E-state index is -0.516. The zero-order valence-electron chi connectivity index (χ0n) is 11.9. The van der Waals surface area contributed by atoms with Gasteiger partial charge in [-0.3, -0.25) is 4.98 Å². The van der Waals surface area contributed by atoms with E-state index in [-0.39, 0.29) is 0 Å². The average Bonchev–Trinajstić information content (AvgIpc) is 2.42. The van der Waals surface area contributed by atoms with Crippen LogP contribution in [0.1, 0.15) is 44.9 Å². The van der Waals surface area contributed by atoms with Crippen molar-refractivity contribution in [1.29, 1.82) is 0 Å². The lowest BCUT2D eigenvalue weighted by molar-refractivity contribution is -0.107. The molecule has 0 aliphatic carbocycles. The lowest BCUT2D eigenvalue weighted by Crippen LogP contribution is -2.44. The van der Waals surface area contributed by atoms with Gasteiger partial charge < -0.3 is 9.84 Å². The van der Waals surface area contributed by atoms with Gasteiger partial charge in [0.05, 0.1) is 11.7 Å². The molecule has 102 valence electrons. The third-order valence-corrected chi connectivity index (χ3v) is 3.91. The summed E-state index contributed by atoms with van der Waals surface area (Å²) in [6.07, 6.45) is 4.50. The first kappa shape index (κ1) is 15.1. The molecule has 3 nitrogen and oxygen atoms in total. The number of methoxy groups -OCH3 is 1. The van der Waals surface area contributed by atoms with Crippen LogP contribution in [0.3, 0.4) is 0 Å². The second kappa shape index (κ2) is 6.86. The fourth-order valence-electron chi connectivity index (χ4n) is 2.32. The Balaban J connectivity index is 2.75. The molecule has 18 heavy (non-hydrogen) atoms. The minimum absolute atomic E-state index is 0.453. The Morgan fingerprint density at radius 3 is 2.33 bits per heavy atom. The molecule has 0 fully saturated rings. The zero-order chi connectivity index (χ0) is 13.6. The van der Waals surface area contributed by atoms with Crippen molar-refractivity contribution < 1.29 is 9.84 Å². The second-order valence-corrected chi connectivity index (χ2v) is 4.71. The highest BCUT2D eigenvalue weighted by Gasteiger charge is 2.34. The molecule has 0 aliphatic heterocycles. The number of hydrogen-bond acceptors (Lipinski definition) is 3. The van der Waals surface area contributed by atoms with Gasteiger partial charge >= 0.3 is 0 Å². The Morgan fingerprint density at radius 1 is 1.28 bits per heavy atom. The number of pyridine rings is 1. The van der Waals surface area contributed by atoms with Gasteiger partial charge in [-0.05, 0) is 30.9 Å². The molecule has 0 aliphatic rings. The van der Waals surface area contributed by atoms with Gasteiger partial charge in [-0.2, -0.15) is 0 Å². The van der Waals surface area contributed by atoms with Crippen LogP contribution in [-0.2, 0) is 17.6 Å². The SMILES string of the molecule is CCc1ccc(CC(O)C(CC)(CC)OC)nc1. The normalized spacial score (nSPS) is 13.6. The summed E-state index contributed by atoms with van der Waals surface area (Å²) in [5.41, 5.74) is 1.69. The summed E-state index contributed by atoms with van der Waals surface area (Å²) >= 11 is 0. The van der Waals surface area contributed by atoms with Crippen LogP contribution in [0.5, 0.6) is 0 Å². The molecule has 1 atom stereocenters. The summed E-state index contributed by atoms with van der Waals surface area (Å²) in [7, 11) is 1.67. The van der Waals surface area contributed by atoms with E-state index in [2.05, 4.69) is 18.0 Å². The predicted octanol–water partition coefficient (Wildman–Crippen LogP) is 2.75. The number of nitrogens with zero attached hydrogens (tertiary/aromatic N) is 1. The lowest BCUT2D eigenvalue weighted by atomic mass is 9.87. The van der Waals surface area contributed by atoms with Gasteiger partial charge in [-0.1, -0.05) is 26.8 Å². The van der Waals surface area contributed by atoms with Crippen molar-refractivity contribution in [2.75, 3.05) is 7.11 Å². The Morgan fingerprint density at radius 2 is 1.94 bits per heavy atom. The zero-order valence-corrected chi connectivity index (χ0v) is 11.9. The Labute approximate surface area is 110 Å². The standard InChI is InChI=1S/C15H25NO2/c1-5-12-8-9-13(16-11-12)10-14(17)15(6-2,7-3)18-4/h8-9,11,14,17H,5-7,10H2,1-4H3. The second-order valence-electron chi connectivity index (χ2n) is 4.71. The third kappa shape index (κ3) is 3.30. The van der Waals surface area contributed by atoms with Crippen LogP contribution in [0.25, 0.3) is 0 Å². The fourth-order valence-corrected chi connectivity index (χ4v) is 2.32. The number of aliphatic hydroxyl groups excluding tert-OH is 1. The number of aliphatic hydroxyl groups is 1. The molecule has 0 saturated carbocycles. The highest BCUT2D eigenvalue weighted by atomic mass is 16.5. The number of aromatic nitrogens is 1.